The molecule has 0 aliphatic carbocycles. The molecule has 112 valence electrons. The Hall–Kier alpha value is -1.69. The monoisotopic (exact) mass is 315 g/mol. The minimum Gasteiger partial charge on any atom is -0.363 e. The number of rotatable bonds is 1. The Labute approximate surface area is 124 Å². The fraction of sp³-hybridized carbons (Fsp3) is 0.357. The van der Waals surface area contributed by atoms with Crippen LogP contribution in [0.3, 0.4) is 0 Å². The van der Waals surface area contributed by atoms with Crippen LogP contribution >= 0.6 is 11.6 Å². The maximum absolute atomic E-state index is 13.3. The highest BCUT2D eigenvalue weighted by atomic mass is 35.5. The quantitative estimate of drug-likeness (QED) is 0.839. The molecule has 0 radical (unpaired) electrons. The highest BCUT2D eigenvalue weighted by molar-refractivity contribution is 6.30. The fourth-order valence-corrected chi connectivity index (χ4v) is 2.74. The molecule has 0 spiro atoms. The Morgan fingerprint density at radius 1 is 1.29 bits per heavy atom. The summed E-state index contributed by atoms with van der Waals surface area (Å²) in [4.78, 5) is 0. The molecule has 2 atom stereocenters. The average Bonchev–Trinajstić information content (AvgIpc) is 2.77. The van der Waals surface area contributed by atoms with E-state index < -0.39 is 18.3 Å². The molecule has 1 aromatic heterocycles. The van der Waals surface area contributed by atoms with Gasteiger partial charge in [0.1, 0.15) is 5.82 Å². The zero-order valence-corrected chi connectivity index (χ0v) is 11.9. The van der Waals surface area contributed by atoms with Gasteiger partial charge >= 0.3 is 6.18 Å². The number of fused-ring (bicyclic) bond motifs is 1. The van der Waals surface area contributed by atoms with E-state index in [2.05, 4.69) is 10.4 Å². The molecule has 1 aromatic carbocycles. The first-order chi connectivity index (χ1) is 9.84. The Morgan fingerprint density at radius 3 is 2.57 bits per heavy atom. The molecule has 0 amide bonds. The molecule has 7 heteroatoms. The maximum Gasteiger partial charge on any atom is 0.410 e. The summed E-state index contributed by atoms with van der Waals surface area (Å²) in [5.74, 6) is 0.390. The summed E-state index contributed by atoms with van der Waals surface area (Å²) in [6, 6.07) is 6.43. The van der Waals surface area contributed by atoms with Crippen molar-refractivity contribution < 1.29 is 13.2 Å². The van der Waals surface area contributed by atoms with Crippen molar-refractivity contribution in [3.8, 4) is 0 Å². The summed E-state index contributed by atoms with van der Waals surface area (Å²) in [5.41, 5.74) is 1.34. The first-order valence-corrected chi connectivity index (χ1v) is 6.87. The third kappa shape index (κ3) is 2.72. The van der Waals surface area contributed by atoms with Gasteiger partial charge in [0.25, 0.3) is 0 Å². The van der Waals surface area contributed by atoms with Gasteiger partial charge in [-0.1, -0.05) is 23.7 Å². The summed E-state index contributed by atoms with van der Waals surface area (Å²) < 4.78 is 40.8. The van der Waals surface area contributed by atoms with Crippen LogP contribution in [0.4, 0.5) is 19.0 Å². The molecular formula is C14H13ClF3N3. The van der Waals surface area contributed by atoms with E-state index >= 15 is 0 Å². The number of hydrogen-bond donors (Lipinski definition) is 1. The minimum absolute atomic E-state index is 0.0980. The number of nitrogens with one attached hydrogen (secondary N) is 1. The van der Waals surface area contributed by atoms with E-state index in [1.54, 1.807) is 37.3 Å². The lowest BCUT2D eigenvalue weighted by Crippen LogP contribution is -2.35. The standard InChI is InChI=1S/C14H13ClF3N3/c1-8-6-13-19-11(9-2-4-10(15)5-3-9)7-12(14(16,17)18)21(13)20-8/h2-6,11-12,19H,7H2,1H3. The SMILES string of the molecule is Cc1cc2n(n1)C(C(F)(F)F)CC(c1ccc(Cl)cc1)N2. The zero-order chi connectivity index (χ0) is 15.2. The van der Waals surface area contributed by atoms with Crippen molar-refractivity contribution in [3.63, 3.8) is 0 Å². The third-order valence-electron chi connectivity index (χ3n) is 3.58. The van der Waals surface area contributed by atoms with Gasteiger partial charge in [-0.05, 0) is 24.6 Å². The Kier molecular flexibility index (Phi) is 3.36. The van der Waals surface area contributed by atoms with Crippen molar-refractivity contribution in [1.29, 1.82) is 0 Å². The van der Waals surface area contributed by atoms with Gasteiger partial charge in [-0.2, -0.15) is 18.3 Å². The molecule has 3 nitrogen and oxygen atoms in total. The Morgan fingerprint density at radius 2 is 1.95 bits per heavy atom. The van der Waals surface area contributed by atoms with Gasteiger partial charge in [0.15, 0.2) is 6.04 Å². The summed E-state index contributed by atoms with van der Waals surface area (Å²) in [7, 11) is 0. The predicted octanol–water partition coefficient (Wildman–Crippen LogP) is 4.51. The van der Waals surface area contributed by atoms with E-state index in [4.69, 9.17) is 11.6 Å². The number of benzene rings is 1. The molecule has 0 fully saturated rings. The van der Waals surface area contributed by atoms with Crippen LogP contribution in [0.2, 0.25) is 5.02 Å². The molecule has 3 rings (SSSR count). The molecule has 1 aliphatic heterocycles. The summed E-state index contributed by atoms with van der Waals surface area (Å²) in [6.45, 7) is 1.68. The van der Waals surface area contributed by atoms with Gasteiger partial charge in [-0.15, -0.1) is 0 Å². The molecule has 0 bridgehead atoms. The van der Waals surface area contributed by atoms with Crippen molar-refractivity contribution >= 4 is 17.4 Å². The normalized spacial score (nSPS) is 21.8. The van der Waals surface area contributed by atoms with Crippen molar-refractivity contribution in [3.05, 3.63) is 46.6 Å². The van der Waals surface area contributed by atoms with Crippen molar-refractivity contribution in [1.82, 2.24) is 9.78 Å². The number of nitrogens with zero attached hydrogens (tertiary/aromatic N) is 2. The number of halogens is 4. The zero-order valence-electron chi connectivity index (χ0n) is 11.2. The number of anilines is 1. The van der Waals surface area contributed by atoms with E-state index in [1.807, 2.05) is 0 Å². The highest BCUT2D eigenvalue weighted by Gasteiger charge is 2.46. The molecule has 21 heavy (non-hydrogen) atoms. The van der Waals surface area contributed by atoms with Crippen LogP contribution in [0.15, 0.2) is 30.3 Å². The van der Waals surface area contributed by atoms with Gasteiger partial charge in [0.2, 0.25) is 0 Å². The van der Waals surface area contributed by atoms with E-state index in [-0.39, 0.29) is 6.42 Å². The molecular weight excluding hydrogens is 303 g/mol. The second kappa shape index (κ2) is 4.94. The van der Waals surface area contributed by atoms with Crippen LogP contribution in [0.5, 0.6) is 0 Å². The number of alkyl halides is 3. The first-order valence-electron chi connectivity index (χ1n) is 6.49. The van der Waals surface area contributed by atoms with Crippen LogP contribution in [-0.4, -0.2) is 16.0 Å². The van der Waals surface area contributed by atoms with Crippen LogP contribution in [-0.2, 0) is 0 Å². The molecule has 1 N–H and O–H groups in total. The average molecular weight is 316 g/mol. The lowest BCUT2D eigenvalue weighted by molar-refractivity contribution is -0.173. The number of aromatic nitrogens is 2. The Bertz CT molecular complexity index is 648. The summed E-state index contributed by atoms with van der Waals surface area (Å²) in [6.07, 6.45) is -4.43. The van der Waals surface area contributed by atoms with Gasteiger partial charge in [-0.3, -0.25) is 0 Å². The topological polar surface area (TPSA) is 29.9 Å². The molecule has 1 aliphatic rings. The predicted molar refractivity (Wildman–Crippen MR) is 74.5 cm³/mol. The fourth-order valence-electron chi connectivity index (χ4n) is 2.61. The van der Waals surface area contributed by atoms with E-state index in [9.17, 15) is 13.2 Å². The third-order valence-corrected chi connectivity index (χ3v) is 3.84. The van der Waals surface area contributed by atoms with Crippen LogP contribution < -0.4 is 5.32 Å². The second-order valence-electron chi connectivity index (χ2n) is 5.16. The van der Waals surface area contributed by atoms with Gasteiger partial charge in [0, 0.05) is 17.5 Å². The molecule has 2 aromatic rings. The first kappa shape index (κ1) is 14.3. The molecule has 0 saturated carbocycles. The highest BCUT2D eigenvalue weighted by Crippen LogP contribution is 2.43. The number of aryl methyl sites for hydroxylation is 1. The maximum atomic E-state index is 13.3. The second-order valence-corrected chi connectivity index (χ2v) is 5.59. The number of hydrogen-bond acceptors (Lipinski definition) is 2. The van der Waals surface area contributed by atoms with Crippen molar-refractivity contribution in [2.75, 3.05) is 5.32 Å². The van der Waals surface area contributed by atoms with Crippen LogP contribution in [0.1, 0.15) is 29.8 Å². The van der Waals surface area contributed by atoms with E-state index in [0.29, 0.717) is 16.5 Å². The van der Waals surface area contributed by atoms with Gasteiger partial charge < -0.3 is 5.32 Å². The van der Waals surface area contributed by atoms with Gasteiger partial charge in [-0.25, -0.2) is 4.68 Å². The van der Waals surface area contributed by atoms with Crippen LogP contribution in [0, 0.1) is 6.92 Å². The van der Waals surface area contributed by atoms with E-state index in [1.165, 1.54) is 0 Å². The lowest BCUT2D eigenvalue weighted by Gasteiger charge is -2.33. The summed E-state index contributed by atoms with van der Waals surface area (Å²) >= 11 is 5.82. The van der Waals surface area contributed by atoms with Gasteiger partial charge in [0.05, 0.1) is 11.7 Å². The largest absolute Gasteiger partial charge is 0.410 e. The molecule has 0 saturated heterocycles. The summed E-state index contributed by atoms with van der Waals surface area (Å²) in [5, 5.41) is 7.63. The van der Waals surface area contributed by atoms with Crippen LogP contribution in [0.25, 0.3) is 0 Å². The smallest absolute Gasteiger partial charge is 0.363 e. The van der Waals surface area contributed by atoms with Crippen molar-refractivity contribution in [2.45, 2.75) is 31.6 Å². The minimum atomic E-state index is -4.33. The molecule has 2 heterocycles. The van der Waals surface area contributed by atoms with Crippen molar-refractivity contribution in [2.24, 2.45) is 0 Å². The van der Waals surface area contributed by atoms with E-state index in [0.717, 1.165) is 10.2 Å². The molecule has 2 unspecified atom stereocenters. The lowest BCUT2D eigenvalue weighted by atomic mass is 9.97. The Balaban J connectivity index is 1.98.